The van der Waals surface area contributed by atoms with Crippen LogP contribution in [0.5, 0.6) is 5.75 Å². The SMILES string of the molecule is O=C(Nc1cc(Cl)ccc1O)c1ccccc1S(=O)(=O)N1CCCCC1. The number of amides is 1. The van der Waals surface area contributed by atoms with E-state index in [0.717, 1.165) is 19.3 Å². The highest BCUT2D eigenvalue weighted by Gasteiger charge is 2.29. The Morgan fingerprint density at radius 2 is 1.77 bits per heavy atom. The number of nitrogens with one attached hydrogen (secondary N) is 1. The summed E-state index contributed by atoms with van der Waals surface area (Å²) >= 11 is 5.89. The van der Waals surface area contributed by atoms with Crippen molar-refractivity contribution in [2.75, 3.05) is 18.4 Å². The van der Waals surface area contributed by atoms with Crippen LogP contribution in [0.4, 0.5) is 5.69 Å². The molecule has 1 aliphatic heterocycles. The molecule has 0 bridgehead atoms. The van der Waals surface area contributed by atoms with Gasteiger partial charge in [0.2, 0.25) is 10.0 Å². The number of phenolic OH excluding ortho intramolecular Hbond substituents is 1. The van der Waals surface area contributed by atoms with Crippen LogP contribution in [-0.2, 0) is 10.0 Å². The first-order valence-corrected chi connectivity index (χ1v) is 10.1. The fourth-order valence-corrected chi connectivity index (χ4v) is 4.80. The number of hydrogen-bond donors (Lipinski definition) is 2. The van der Waals surface area contributed by atoms with E-state index in [0.29, 0.717) is 18.1 Å². The van der Waals surface area contributed by atoms with Crippen molar-refractivity contribution in [2.24, 2.45) is 0 Å². The molecule has 0 atom stereocenters. The van der Waals surface area contributed by atoms with Crippen LogP contribution in [0.15, 0.2) is 47.4 Å². The molecular weight excluding hydrogens is 376 g/mol. The second kappa shape index (κ2) is 7.65. The Morgan fingerprint density at radius 1 is 1.08 bits per heavy atom. The number of anilines is 1. The maximum atomic E-state index is 13.0. The van der Waals surface area contributed by atoms with Gasteiger partial charge in [-0.05, 0) is 43.2 Å². The number of rotatable bonds is 4. The van der Waals surface area contributed by atoms with Crippen molar-refractivity contribution in [3.63, 3.8) is 0 Å². The van der Waals surface area contributed by atoms with E-state index in [1.807, 2.05) is 0 Å². The quantitative estimate of drug-likeness (QED) is 0.777. The van der Waals surface area contributed by atoms with Gasteiger partial charge >= 0.3 is 0 Å². The Morgan fingerprint density at radius 3 is 2.50 bits per heavy atom. The molecule has 1 saturated heterocycles. The van der Waals surface area contributed by atoms with Crippen LogP contribution in [0.2, 0.25) is 5.02 Å². The molecule has 26 heavy (non-hydrogen) atoms. The summed E-state index contributed by atoms with van der Waals surface area (Å²) in [6.07, 6.45) is 2.62. The van der Waals surface area contributed by atoms with Crippen molar-refractivity contribution in [1.29, 1.82) is 0 Å². The molecule has 8 heteroatoms. The number of piperidine rings is 1. The molecule has 2 N–H and O–H groups in total. The van der Waals surface area contributed by atoms with Gasteiger partial charge in [0.1, 0.15) is 5.75 Å². The Bertz CT molecular complexity index is 925. The number of sulfonamides is 1. The smallest absolute Gasteiger partial charge is 0.257 e. The minimum absolute atomic E-state index is 0.0254. The number of aromatic hydroxyl groups is 1. The summed E-state index contributed by atoms with van der Waals surface area (Å²) in [6, 6.07) is 10.3. The zero-order valence-corrected chi connectivity index (χ0v) is 15.6. The molecule has 0 radical (unpaired) electrons. The monoisotopic (exact) mass is 394 g/mol. The lowest BCUT2D eigenvalue weighted by atomic mass is 10.2. The van der Waals surface area contributed by atoms with Crippen LogP contribution in [-0.4, -0.2) is 36.8 Å². The average molecular weight is 395 g/mol. The van der Waals surface area contributed by atoms with Crippen LogP contribution in [0.25, 0.3) is 0 Å². The molecule has 138 valence electrons. The van der Waals surface area contributed by atoms with Gasteiger partial charge in [-0.3, -0.25) is 4.79 Å². The number of carbonyl (C=O) groups excluding carboxylic acids is 1. The summed E-state index contributed by atoms with van der Waals surface area (Å²) in [5.74, 6) is -0.780. The topological polar surface area (TPSA) is 86.7 Å². The third kappa shape index (κ3) is 3.85. The van der Waals surface area contributed by atoms with E-state index >= 15 is 0 Å². The summed E-state index contributed by atoms with van der Waals surface area (Å²) in [7, 11) is -3.76. The van der Waals surface area contributed by atoms with Gasteiger partial charge in [0.25, 0.3) is 5.91 Å². The normalized spacial score (nSPS) is 15.6. The molecule has 2 aromatic rings. The van der Waals surface area contributed by atoms with Gasteiger partial charge < -0.3 is 10.4 Å². The predicted molar refractivity (Wildman–Crippen MR) is 100 cm³/mol. The van der Waals surface area contributed by atoms with E-state index in [2.05, 4.69) is 5.32 Å². The molecule has 0 saturated carbocycles. The molecular formula is C18H19ClN2O4S. The number of hydrogen-bond acceptors (Lipinski definition) is 4. The van der Waals surface area contributed by atoms with Crippen LogP contribution >= 0.6 is 11.6 Å². The average Bonchev–Trinajstić information content (AvgIpc) is 2.65. The van der Waals surface area contributed by atoms with Crippen molar-refractivity contribution in [3.8, 4) is 5.75 Å². The molecule has 0 aromatic heterocycles. The van der Waals surface area contributed by atoms with Gasteiger partial charge in [-0.25, -0.2) is 8.42 Å². The molecule has 1 heterocycles. The minimum Gasteiger partial charge on any atom is -0.506 e. The minimum atomic E-state index is -3.76. The standard InChI is InChI=1S/C18H19ClN2O4S/c19-13-8-9-16(22)15(12-13)20-18(23)14-6-2-3-7-17(14)26(24,25)21-10-4-1-5-11-21/h2-3,6-9,12,22H,1,4-5,10-11H2,(H,20,23). The number of halogens is 1. The van der Waals surface area contributed by atoms with E-state index in [-0.39, 0.29) is 21.9 Å². The molecule has 6 nitrogen and oxygen atoms in total. The number of carbonyl (C=O) groups is 1. The highest BCUT2D eigenvalue weighted by molar-refractivity contribution is 7.89. The molecule has 0 spiro atoms. The highest BCUT2D eigenvalue weighted by atomic mass is 35.5. The van der Waals surface area contributed by atoms with Crippen molar-refractivity contribution >= 4 is 33.2 Å². The first-order valence-electron chi connectivity index (χ1n) is 8.28. The maximum absolute atomic E-state index is 13.0. The van der Waals surface area contributed by atoms with E-state index in [1.54, 1.807) is 12.1 Å². The summed E-state index contributed by atoms with van der Waals surface area (Å²) in [4.78, 5) is 12.6. The number of nitrogens with zero attached hydrogens (tertiary/aromatic N) is 1. The van der Waals surface area contributed by atoms with Gasteiger partial charge in [-0.1, -0.05) is 30.2 Å². The summed E-state index contributed by atoms with van der Waals surface area (Å²) < 4.78 is 27.3. The van der Waals surface area contributed by atoms with Gasteiger partial charge in [0, 0.05) is 18.1 Å². The van der Waals surface area contributed by atoms with Gasteiger partial charge in [0.05, 0.1) is 16.1 Å². The van der Waals surface area contributed by atoms with Gasteiger partial charge in [0.15, 0.2) is 0 Å². The molecule has 2 aromatic carbocycles. The predicted octanol–water partition coefficient (Wildman–Crippen LogP) is 3.47. The lowest BCUT2D eigenvalue weighted by Crippen LogP contribution is -2.36. The van der Waals surface area contributed by atoms with Crippen molar-refractivity contribution in [2.45, 2.75) is 24.2 Å². The largest absolute Gasteiger partial charge is 0.506 e. The van der Waals surface area contributed by atoms with E-state index in [1.165, 1.54) is 34.6 Å². The third-order valence-corrected chi connectivity index (χ3v) is 6.46. The zero-order valence-electron chi connectivity index (χ0n) is 14.0. The molecule has 3 rings (SSSR count). The first kappa shape index (κ1) is 18.7. The Hall–Kier alpha value is -2.09. The molecule has 0 aliphatic carbocycles. The lowest BCUT2D eigenvalue weighted by molar-refractivity contribution is 0.102. The first-order chi connectivity index (χ1) is 12.4. The van der Waals surface area contributed by atoms with Crippen LogP contribution in [0.1, 0.15) is 29.6 Å². The summed E-state index contributed by atoms with van der Waals surface area (Å²) in [5, 5.41) is 12.7. The molecule has 1 aliphatic rings. The fourth-order valence-electron chi connectivity index (χ4n) is 2.92. The lowest BCUT2D eigenvalue weighted by Gasteiger charge is -2.26. The van der Waals surface area contributed by atoms with E-state index in [4.69, 9.17) is 11.6 Å². The Labute approximate surface area is 157 Å². The Balaban J connectivity index is 1.94. The van der Waals surface area contributed by atoms with Crippen molar-refractivity contribution in [1.82, 2.24) is 4.31 Å². The molecule has 0 unspecified atom stereocenters. The second-order valence-corrected chi connectivity index (χ2v) is 8.42. The van der Waals surface area contributed by atoms with Crippen LogP contribution < -0.4 is 5.32 Å². The van der Waals surface area contributed by atoms with Crippen molar-refractivity contribution in [3.05, 3.63) is 53.1 Å². The third-order valence-electron chi connectivity index (χ3n) is 4.27. The van der Waals surface area contributed by atoms with Crippen LogP contribution in [0, 0.1) is 0 Å². The van der Waals surface area contributed by atoms with Crippen molar-refractivity contribution < 1.29 is 18.3 Å². The zero-order chi connectivity index (χ0) is 18.7. The van der Waals surface area contributed by atoms with Gasteiger partial charge in [-0.15, -0.1) is 0 Å². The second-order valence-electron chi connectivity index (χ2n) is 6.08. The maximum Gasteiger partial charge on any atom is 0.257 e. The Kier molecular flexibility index (Phi) is 5.50. The highest BCUT2D eigenvalue weighted by Crippen LogP contribution is 2.28. The van der Waals surface area contributed by atoms with E-state index in [9.17, 15) is 18.3 Å². The van der Waals surface area contributed by atoms with E-state index < -0.39 is 15.9 Å². The van der Waals surface area contributed by atoms with Crippen LogP contribution in [0.3, 0.4) is 0 Å². The fraction of sp³-hybridized carbons (Fsp3) is 0.278. The summed E-state index contributed by atoms with van der Waals surface area (Å²) in [6.45, 7) is 0.904. The van der Waals surface area contributed by atoms with Gasteiger partial charge in [-0.2, -0.15) is 4.31 Å². The number of phenols is 1. The summed E-state index contributed by atoms with van der Waals surface area (Å²) in [5.41, 5.74) is 0.144. The number of benzene rings is 2. The molecule has 1 fully saturated rings. The molecule has 1 amide bonds.